The van der Waals surface area contributed by atoms with E-state index in [0.717, 1.165) is 38.5 Å². The van der Waals surface area contributed by atoms with E-state index in [2.05, 4.69) is 33.8 Å². The molecule has 0 aromatic rings. The monoisotopic (exact) mass is 676 g/mol. The molecular formula is C38H60O10. The molecule has 10 heteroatoms. The summed E-state index contributed by atoms with van der Waals surface area (Å²) in [6.45, 7) is 16.5. The van der Waals surface area contributed by atoms with Gasteiger partial charge in [-0.25, -0.2) is 0 Å². The molecule has 0 aromatic heterocycles. The van der Waals surface area contributed by atoms with Gasteiger partial charge in [0.1, 0.15) is 24.4 Å². The molecule has 48 heavy (non-hydrogen) atoms. The largest absolute Gasteiger partial charge is 0.481 e. The third-order valence-electron chi connectivity index (χ3n) is 15.9. The van der Waals surface area contributed by atoms with Crippen molar-refractivity contribution in [2.24, 2.45) is 50.2 Å². The third kappa shape index (κ3) is 5.01. The Balaban J connectivity index is 1.37. The lowest BCUT2D eigenvalue weighted by Crippen LogP contribution is -2.70. The van der Waals surface area contributed by atoms with Crippen LogP contribution in [0.15, 0.2) is 11.6 Å². The quantitative estimate of drug-likeness (QED) is 0.206. The van der Waals surface area contributed by atoms with Crippen LogP contribution >= 0.6 is 0 Å². The summed E-state index contributed by atoms with van der Waals surface area (Å²) in [6.07, 6.45) is 2.04. The molecule has 10 nitrogen and oxygen atoms in total. The number of hydrogen-bond donors (Lipinski definition) is 5. The highest BCUT2D eigenvalue weighted by Gasteiger charge is 2.71. The van der Waals surface area contributed by atoms with Gasteiger partial charge in [-0.05, 0) is 99.2 Å². The van der Waals surface area contributed by atoms with Crippen molar-refractivity contribution in [2.75, 3.05) is 6.61 Å². The number of hydrogen-bond acceptors (Lipinski definition) is 9. The Morgan fingerprint density at radius 3 is 2.23 bits per heavy atom. The van der Waals surface area contributed by atoms with Gasteiger partial charge in [-0.1, -0.05) is 46.3 Å². The summed E-state index contributed by atoms with van der Waals surface area (Å²) in [5, 5.41) is 53.4. The van der Waals surface area contributed by atoms with Gasteiger partial charge in [0.15, 0.2) is 6.29 Å². The average Bonchev–Trinajstić information content (AvgIpc) is 3.01. The molecule has 272 valence electrons. The fourth-order valence-corrected chi connectivity index (χ4v) is 12.3. The minimum Gasteiger partial charge on any atom is -0.481 e. The summed E-state index contributed by atoms with van der Waals surface area (Å²) in [5.41, 5.74) is -0.893. The zero-order chi connectivity index (χ0) is 35.4. The number of aliphatic hydroxyl groups excluding tert-OH is 4. The van der Waals surface area contributed by atoms with E-state index in [4.69, 9.17) is 14.2 Å². The van der Waals surface area contributed by atoms with Crippen LogP contribution in [0.4, 0.5) is 0 Å². The van der Waals surface area contributed by atoms with Crippen LogP contribution in [0.1, 0.15) is 113 Å². The fourth-order valence-electron chi connectivity index (χ4n) is 12.3. The Bertz CT molecular complexity index is 1330. The Labute approximate surface area is 285 Å². The third-order valence-corrected chi connectivity index (χ3v) is 15.9. The SMILES string of the molecule is CC(=O)OC1CC(O)C(C)(COC2OC(C)C(O)C(O)C2O)C2CCC3(C)C(CC=C4C5CC(C)(C(=O)O)CCC5(C)CCC43C)C12C. The lowest BCUT2D eigenvalue weighted by atomic mass is 9.33. The van der Waals surface area contributed by atoms with Crippen LogP contribution in [0.5, 0.6) is 0 Å². The zero-order valence-corrected chi connectivity index (χ0v) is 30.2. The highest BCUT2D eigenvalue weighted by atomic mass is 16.7. The number of fused-ring (bicyclic) bond motifs is 7. The van der Waals surface area contributed by atoms with Crippen molar-refractivity contribution in [1.29, 1.82) is 0 Å². The molecule has 1 heterocycles. The van der Waals surface area contributed by atoms with E-state index in [0.29, 0.717) is 12.8 Å². The second kappa shape index (κ2) is 11.7. The van der Waals surface area contributed by atoms with E-state index in [1.165, 1.54) is 12.5 Å². The van der Waals surface area contributed by atoms with E-state index in [-0.39, 0.29) is 53.0 Å². The van der Waals surface area contributed by atoms with Gasteiger partial charge in [-0.3, -0.25) is 9.59 Å². The van der Waals surface area contributed by atoms with Crippen LogP contribution in [0.2, 0.25) is 0 Å². The second-order valence-corrected chi connectivity index (χ2v) is 18.3. The standard InChI is InChI=1S/C38H60O10/c1-20-28(41)29(42)30(43)31(47-20)46-19-35(5)24-11-12-37(7)25(38(24,8)27(17-26(35)40)48-21(2)39)10-9-22-23-18-34(4,32(44)45)14-13-33(23,3)15-16-36(22,37)6/h9,20,23-31,40-43H,10-19H2,1-8H3,(H,44,45). The minimum absolute atomic E-state index is 0.0501. The number of ether oxygens (including phenoxy) is 3. The van der Waals surface area contributed by atoms with E-state index in [9.17, 15) is 35.1 Å². The molecule has 16 atom stereocenters. The molecule has 0 amide bonds. The molecule has 5 N–H and O–H groups in total. The Kier molecular flexibility index (Phi) is 8.86. The molecule has 6 rings (SSSR count). The molecule has 0 spiro atoms. The van der Waals surface area contributed by atoms with Crippen molar-refractivity contribution in [1.82, 2.24) is 0 Å². The van der Waals surface area contributed by atoms with Crippen molar-refractivity contribution in [2.45, 2.75) is 156 Å². The Hall–Kier alpha value is -1.56. The molecule has 0 aromatic carbocycles. The van der Waals surface area contributed by atoms with Gasteiger partial charge in [-0.2, -0.15) is 0 Å². The van der Waals surface area contributed by atoms with E-state index >= 15 is 0 Å². The van der Waals surface area contributed by atoms with Crippen molar-refractivity contribution >= 4 is 11.9 Å². The Morgan fingerprint density at radius 2 is 1.58 bits per heavy atom. The first-order chi connectivity index (χ1) is 22.2. The molecule has 16 unspecified atom stereocenters. The van der Waals surface area contributed by atoms with Gasteiger partial charge >= 0.3 is 11.9 Å². The summed E-state index contributed by atoms with van der Waals surface area (Å²) >= 11 is 0. The van der Waals surface area contributed by atoms with Crippen LogP contribution in [-0.2, 0) is 23.8 Å². The van der Waals surface area contributed by atoms with Gasteiger partial charge in [0.2, 0.25) is 0 Å². The maximum atomic E-state index is 12.6. The number of carbonyl (C=O) groups excluding carboxylic acids is 1. The number of aliphatic carboxylic acids is 1. The summed E-state index contributed by atoms with van der Waals surface area (Å²) in [7, 11) is 0. The lowest BCUT2D eigenvalue weighted by Gasteiger charge is -2.72. The highest BCUT2D eigenvalue weighted by molar-refractivity contribution is 5.74. The van der Waals surface area contributed by atoms with Crippen LogP contribution < -0.4 is 0 Å². The first kappa shape index (κ1) is 36.2. The summed E-state index contributed by atoms with van der Waals surface area (Å²) in [5.74, 6) is -0.878. The second-order valence-electron chi connectivity index (χ2n) is 18.3. The molecule has 1 aliphatic heterocycles. The van der Waals surface area contributed by atoms with Gasteiger partial charge in [0.05, 0.1) is 24.2 Å². The minimum atomic E-state index is -1.45. The maximum absolute atomic E-state index is 12.6. The topological polar surface area (TPSA) is 163 Å². The number of esters is 1. The molecule has 5 aliphatic carbocycles. The molecule has 6 aliphatic rings. The number of carboxylic acid groups (broad SMARTS) is 1. The molecule has 5 fully saturated rings. The number of carbonyl (C=O) groups is 2. The normalized spacial score (nSPS) is 54.9. The molecule has 4 saturated carbocycles. The Morgan fingerprint density at radius 1 is 0.917 bits per heavy atom. The number of carboxylic acids is 1. The predicted molar refractivity (Wildman–Crippen MR) is 176 cm³/mol. The van der Waals surface area contributed by atoms with Crippen LogP contribution in [0.25, 0.3) is 0 Å². The van der Waals surface area contributed by atoms with Gasteiger partial charge in [0, 0.05) is 24.2 Å². The summed E-state index contributed by atoms with van der Waals surface area (Å²) in [4.78, 5) is 25.1. The van der Waals surface area contributed by atoms with Crippen molar-refractivity contribution < 1.29 is 49.3 Å². The van der Waals surface area contributed by atoms with Crippen molar-refractivity contribution in [3.8, 4) is 0 Å². The van der Waals surface area contributed by atoms with E-state index in [1.54, 1.807) is 6.92 Å². The maximum Gasteiger partial charge on any atom is 0.309 e. The van der Waals surface area contributed by atoms with Crippen molar-refractivity contribution in [3.63, 3.8) is 0 Å². The zero-order valence-electron chi connectivity index (χ0n) is 30.2. The van der Waals surface area contributed by atoms with E-state index < -0.39 is 65.1 Å². The van der Waals surface area contributed by atoms with E-state index in [1.807, 2.05) is 13.8 Å². The van der Waals surface area contributed by atoms with Gasteiger partial charge in [-0.15, -0.1) is 0 Å². The summed E-state index contributed by atoms with van der Waals surface area (Å²) < 4.78 is 18.1. The van der Waals surface area contributed by atoms with Gasteiger partial charge in [0.25, 0.3) is 0 Å². The lowest BCUT2D eigenvalue weighted by molar-refractivity contribution is -0.314. The van der Waals surface area contributed by atoms with Crippen molar-refractivity contribution in [3.05, 3.63) is 11.6 Å². The predicted octanol–water partition coefficient (Wildman–Crippen LogP) is 4.60. The smallest absolute Gasteiger partial charge is 0.309 e. The van der Waals surface area contributed by atoms with Crippen LogP contribution in [0, 0.1) is 50.2 Å². The molecule has 1 saturated heterocycles. The van der Waals surface area contributed by atoms with Crippen LogP contribution in [0.3, 0.4) is 0 Å². The van der Waals surface area contributed by atoms with Crippen LogP contribution in [-0.4, -0.2) is 87.0 Å². The first-order valence-corrected chi connectivity index (χ1v) is 18.3. The average molecular weight is 677 g/mol. The molecule has 0 radical (unpaired) electrons. The fraction of sp³-hybridized carbons (Fsp3) is 0.895. The number of allylic oxidation sites excluding steroid dienone is 2. The highest BCUT2D eigenvalue weighted by Crippen LogP contribution is 2.76. The molecule has 0 bridgehead atoms. The van der Waals surface area contributed by atoms with Gasteiger partial charge < -0.3 is 39.7 Å². The number of rotatable bonds is 5. The molecular weight excluding hydrogens is 616 g/mol. The summed E-state index contributed by atoms with van der Waals surface area (Å²) in [6, 6.07) is 0. The first-order valence-electron chi connectivity index (χ1n) is 18.3. The number of aliphatic hydroxyl groups is 4.